The smallest absolute Gasteiger partial charge is 0.255 e. The van der Waals surface area contributed by atoms with Crippen molar-refractivity contribution >= 4 is 11.7 Å². The van der Waals surface area contributed by atoms with Crippen molar-refractivity contribution in [2.24, 2.45) is 0 Å². The average molecular weight is 357 g/mol. The van der Waals surface area contributed by atoms with Crippen molar-refractivity contribution in [2.75, 3.05) is 12.3 Å². The monoisotopic (exact) mass is 357 g/mol. The van der Waals surface area contributed by atoms with Gasteiger partial charge in [0, 0.05) is 6.54 Å². The first-order valence-corrected chi connectivity index (χ1v) is 8.67. The van der Waals surface area contributed by atoms with E-state index in [2.05, 4.69) is 29.4 Å². The molecule has 0 saturated heterocycles. The molecule has 6 heteroatoms. The molecular formula is C20H24FN3O2. The lowest BCUT2D eigenvalue weighted by Gasteiger charge is -2.09. The molecule has 0 fully saturated rings. The van der Waals surface area contributed by atoms with Crippen molar-refractivity contribution < 1.29 is 13.9 Å². The lowest BCUT2D eigenvalue weighted by atomic mass is 10.2. The number of nitrogens with zero attached hydrogens (tertiary/aromatic N) is 1. The van der Waals surface area contributed by atoms with Gasteiger partial charge in [0.25, 0.3) is 5.91 Å². The quantitative estimate of drug-likeness (QED) is 0.406. The van der Waals surface area contributed by atoms with Gasteiger partial charge in [0.1, 0.15) is 11.6 Å². The Bertz CT molecular complexity index is 762. The van der Waals surface area contributed by atoms with Crippen LogP contribution < -0.4 is 15.8 Å². The second kappa shape index (κ2) is 10.2. The number of anilines is 1. The van der Waals surface area contributed by atoms with Gasteiger partial charge in [-0.15, -0.1) is 0 Å². The van der Waals surface area contributed by atoms with Gasteiger partial charge in [0.15, 0.2) is 0 Å². The average Bonchev–Trinajstić information content (AvgIpc) is 2.63. The Hall–Kier alpha value is -2.89. The Morgan fingerprint density at radius 3 is 2.85 bits per heavy atom. The molecule has 0 bridgehead atoms. The summed E-state index contributed by atoms with van der Waals surface area (Å²) in [6.07, 6.45) is 7.37. The number of benzene rings is 1. The van der Waals surface area contributed by atoms with Crippen LogP contribution in [0.3, 0.4) is 0 Å². The summed E-state index contributed by atoms with van der Waals surface area (Å²) in [4.78, 5) is 15.6. The highest BCUT2D eigenvalue weighted by molar-refractivity contribution is 5.98. The summed E-state index contributed by atoms with van der Waals surface area (Å²) in [5.74, 6) is -0.491. The van der Waals surface area contributed by atoms with Gasteiger partial charge in [0.05, 0.1) is 12.2 Å². The van der Waals surface area contributed by atoms with Crippen LogP contribution in [0.2, 0.25) is 0 Å². The maximum absolute atomic E-state index is 13.0. The number of hydrogen-bond acceptors (Lipinski definition) is 4. The predicted octanol–water partition coefficient (Wildman–Crippen LogP) is 3.86. The zero-order chi connectivity index (χ0) is 18.8. The van der Waals surface area contributed by atoms with E-state index in [1.807, 2.05) is 24.3 Å². The van der Waals surface area contributed by atoms with Crippen LogP contribution in [-0.2, 0) is 6.54 Å². The first kappa shape index (κ1) is 19.4. The maximum Gasteiger partial charge on any atom is 0.255 e. The normalized spacial score (nSPS) is 10.8. The SMILES string of the molecule is CCCC=CCCOc1cccc(CNC(=O)c2ccc(F)nc2N)c1. The number of nitrogens with one attached hydrogen (secondary N) is 1. The van der Waals surface area contributed by atoms with Gasteiger partial charge in [-0.1, -0.05) is 37.6 Å². The fraction of sp³-hybridized carbons (Fsp3) is 0.300. The van der Waals surface area contributed by atoms with Crippen LogP contribution in [0.5, 0.6) is 5.75 Å². The highest BCUT2D eigenvalue weighted by atomic mass is 19.1. The Morgan fingerprint density at radius 1 is 1.27 bits per heavy atom. The van der Waals surface area contributed by atoms with E-state index in [9.17, 15) is 9.18 Å². The molecule has 0 aliphatic rings. The minimum atomic E-state index is -0.714. The van der Waals surface area contributed by atoms with E-state index in [0.717, 1.165) is 36.6 Å². The molecular weight excluding hydrogens is 333 g/mol. The van der Waals surface area contributed by atoms with Gasteiger partial charge in [-0.25, -0.2) is 4.98 Å². The molecule has 1 aromatic carbocycles. The minimum Gasteiger partial charge on any atom is -0.493 e. The number of rotatable bonds is 9. The van der Waals surface area contributed by atoms with Crippen molar-refractivity contribution in [3.8, 4) is 5.75 Å². The number of halogens is 1. The standard InChI is InChI=1S/C20H24FN3O2/c1-2-3-4-5-6-12-26-16-9-7-8-15(13-16)14-23-20(25)17-10-11-18(21)24-19(17)22/h4-5,7-11,13H,2-3,6,12,14H2,1H3,(H2,22,24)(H,23,25). The second-order valence-electron chi connectivity index (χ2n) is 5.79. The molecule has 0 saturated carbocycles. The number of nitrogen functional groups attached to an aromatic ring is 1. The van der Waals surface area contributed by atoms with E-state index >= 15 is 0 Å². The zero-order valence-corrected chi connectivity index (χ0v) is 14.9. The van der Waals surface area contributed by atoms with Crippen LogP contribution in [0.25, 0.3) is 0 Å². The number of pyridine rings is 1. The van der Waals surface area contributed by atoms with E-state index in [0.29, 0.717) is 13.2 Å². The number of aromatic nitrogens is 1. The summed E-state index contributed by atoms with van der Waals surface area (Å²) in [6, 6.07) is 9.94. The van der Waals surface area contributed by atoms with E-state index in [4.69, 9.17) is 10.5 Å². The van der Waals surface area contributed by atoms with Crippen LogP contribution in [0.1, 0.15) is 42.1 Å². The Labute approximate surface area is 153 Å². The molecule has 0 aliphatic carbocycles. The zero-order valence-electron chi connectivity index (χ0n) is 14.9. The Balaban J connectivity index is 1.85. The third-order valence-electron chi connectivity index (χ3n) is 3.66. The number of carbonyl (C=O) groups is 1. The van der Waals surface area contributed by atoms with Crippen LogP contribution >= 0.6 is 0 Å². The molecule has 26 heavy (non-hydrogen) atoms. The first-order chi connectivity index (χ1) is 12.6. The molecule has 1 heterocycles. The van der Waals surface area contributed by atoms with Crippen molar-refractivity contribution in [1.82, 2.24) is 10.3 Å². The van der Waals surface area contributed by atoms with Crippen LogP contribution in [0.4, 0.5) is 10.2 Å². The molecule has 138 valence electrons. The number of ether oxygens (including phenoxy) is 1. The van der Waals surface area contributed by atoms with E-state index < -0.39 is 11.9 Å². The van der Waals surface area contributed by atoms with Gasteiger partial charge in [-0.2, -0.15) is 4.39 Å². The fourth-order valence-corrected chi connectivity index (χ4v) is 2.31. The summed E-state index contributed by atoms with van der Waals surface area (Å²) >= 11 is 0. The lowest BCUT2D eigenvalue weighted by molar-refractivity contribution is 0.0951. The van der Waals surface area contributed by atoms with Gasteiger partial charge >= 0.3 is 0 Å². The van der Waals surface area contributed by atoms with E-state index in [1.165, 1.54) is 6.07 Å². The second-order valence-corrected chi connectivity index (χ2v) is 5.79. The maximum atomic E-state index is 13.0. The molecule has 1 amide bonds. The molecule has 0 spiro atoms. The van der Waals surface area contributed by atoms with E-state index in [1.54, 1.807) is 0 Å². The summed E-state index contributed by atoms with van der Waals surface area (Å²) in [5.41, 5.74) is 6.62. The van der Waals surface area contributed by atoms with Crippen LogP contribution in [0.15, 0.2) is 48.6 Å². The number of unbranched alkanes of at least 4 members (excludes halogenated alkanes) is 1. The Morgan fingerprint density at radius 2 is 2.08 bits per heavy atom. The fourth-order valence-electron chi connectivity index (χ4n) is 2.31. The van der Waals surface area contributed by atoms with Gasteiger partial charge in [-0.05, 0) is 42.7 Å². The van der Waals surface area contributed by atoms with Gasteiger partial charge in [0.2, 0.25) is 5.95 Å². The third kappa shape index (κ3) is 6.20. The third-order valence-corrected chi connectivity index (χ3v) is 3.66. The minimum absolute atomic E-state index is 0.129. The lowest BCUT2D eigenvalue weighted by Crippen LogP contribution is -2.24. The largest absolute Gasteiger partial charge is 0.493 e. The predicted molar refractivity (Wildman–Crippen MR) is 100 cm³/mol. The van der Waals surface area contributed by atoms with E-state index in [-0.39, 0.29) is 11.4 Å². The summed E-state index contributed by atoms with van der Waals surface area (Å²) in [5, 5.41) is 2.75. The first-order valence-electron chi connectivity index (χ1n) is 8.67. The number of carbonyl (C=O) groups excluding carboxylic acids is 1. The van der Waals surface area contributed by atoms with Gasteiger partial charge in [-0.3, -0.25) is 4.79 Å². The Kier molecular flexibility index (Phi) is 7.61. The van der Waals surface area contributed by atoms with Crippen LogP contribution in [-0.4, -0.2) is 17.5 Å². The summed E-state index contributed by atoms with van der Waals surface area (Å²) < 4.78 is 18.7. The molecule has 0 aliphatic heterocycles. The number of nitrogens with two attached hydrogens (primary N) is 1. The summed E-state index contributed by atoms with van der Waals surface area (Å²) in [7, 11) is 0. The molecule has 2 aromatic rings. The highest BCUT2D eigenvalue weighted by Gasteiger charge is 2.11. The number of hydrogen-bond donors (Lipinski definition) is 2. The van der Waals surface area contributed by atoms with Crippen molar-refractivity contribution in [2.45, 2.75) is 32.7 Å². The molecule has 5 nitrogen and oxygen atoms in total. The molecule has 0 radical (unpaired) electrons. The molecule has 2 rings (SSSR count). The molecule has 3 N–H and O–H groups in total. The van der Waals surface area contributed by atoms with Crippen molar-refractivity contribution in [3.63, 3.8) is 0 Å². The molecule has 0 atom stereocenters. The van der Waals surface area contributed by atoms with Crippen LogP contribution in [0, 0.1) is 5.95 Å². The van der Waals surface area contributed by atoms with Gasteiger partial charge < -0.3 is 15.8 Å². The molecule has 1 aromatic heterocycles. The summed E-state index contributed by atoms with van der Waals surface area (Å²) in [6.45, 7) is 3.06. The topological polar surface area (TPSA) is 77.2 Å². The number of amides is 1. The van der Waals surface area contributed by atoms with Crippen molar-refractivity contribution in [3.05, 3.63) is 65.6 Å². The highest BCUT2D eigenvalue weighted by Crippen LogP contribution is 2.14. The van der Waals surface area contributed by atoms with Crippen molar-refractivity contribution in [1.29, 1.82) is 0 Å². The molecule has 0 unspecified atom stereocenters. The number of allylic oxidation sites excluding steroid dienone is 1.